The Balaban J connectivity index is 1.12. The maximum Gasteiger partial charge on any atom is 0.161 e. The molecule has 0 atom stereocenters. The van der Waals surface area contributed by atoms with Gasteiger partial charge in [0.05, 0.1) is 28.1 Å². The van der Waals surface area contributed by atoms with Crippen LogP contribution in [0.2, 0.25) is 0 Å². The minimum atomic E-state index is 0.673. The van der Waals surface area contributed by atoms with Gasteiger partial charge in [0.2, 0.25) is 0 Å². The highest BCUT2D eigenvalue weighted by molar-refractivity contribution is 6.17. The number of rotatable bonds is 6. The molecule has 0 aliphatic carbocycles. The molecule has 0 saturated heterocycles. The van der Waals surface area contributed by atoms with E-state index in [1.165, 1.54) is 11.1 Å². The fraction of sp³-hybridized carbons (Fsp3) is 0. The molecule has 11 aromatic rings. The van der Waals surface area contributed by atoms with Crippen molar-refractivity contribution in [3.05, 3.63) is 200 Å². The monoisotopic (exact) mass is 715 g/mol. The highest BCUT2D eigenvalue weighted by Gasteiger charge is 2.21. The Morgan fingerprint density at radius 1 is 0.375 bits per heavy atom. The van der Waals surface area contributed by atoms with Crippen LogP contribution < -0.4 is 0 Å². The minimum absolute atomic E-state index is 0.673. The molecule has 11 rings (SSSR count). The highest BCUT2D eigenvalue weighted by Crippen LogP contribution is 2.41. The van der Waals surface area contributed by atoms with E-state index in [1.54, 1.807) is 0 Å². The molecule has 0 amide bonds. The average molecular weight is 716 g/mol. The van der Waals surface area contributed by atoms with Gasteiger partial charge in [0.1, 0.15) is 5.58 Å². The maximum atomic E-state index is 6.58. The Morgan fingerprint density at radius 3 is 1.54 bits per heavy atom. The number of hydrogen-bond donors (Lipinski definition) is 0. The van der Waals surface area contributed by atoms with Gasteiger partial charge >= 0.3 is 0 Å². The highest BCUT2D eigenvalue weighted by atomic mass is 16.3. The fourth-order valence-corrected chi connectivity index (χ4v) is 8.17. The molecule has 8 aromatic carbocycles. The largest absolute Gasteiger partial charge is 0.454 e. The lowest BCUT2D eigenvalue weighted by Crippen LogP contribution is -1.97. The van der Waals surface area contributed by atoms with Gasteiger partial charge in [-0.15, -0.1) is 0 Å². The Hall–Kier alpha value is -7.56. The summed E-state index contributed by atoms with van der Waals surface area (Å²) in [4.78, 5) is 10.7. The molecule has 0 aliphatic rings. The molecule has 0 spiro atoms. The molecule has 56 heavy (non-hydrogen) atoms. The number of para-hydroxylation sites is 3. The lowest BCUT2D eigenvalue weighted by molar-refractivity contribution is 0.666. The van der Waals surface area contributed by atoms with Gasteiger partial charge in [-0.1, -0.05) is 170 Å². The van der Waals surface area contributed by atoms with Crippen LogP contribution in [0.3, 0.4) is 0 Å². The van der Waals surface area contributed by atoms with E-state index < -0.39 is 0 Å². The molecular weight excluding hydrogens is 683 g/mol. The second-order valence-electron chi connectivity index (χ2n) is 14.2. The summed E-state index contributed by atoms with van der Waals surface area (Å²) in [6.07, 6.45) is 0. The van der Waals surface area contributed by atoms with Crippen LogP contribution in [0.5, 0.6) is 0 Å². The van der Waals surface area contributed by atoms with Crippen molar-refractivity contribution in [1.82, 2.24) is 14.5 Å². The fourth-order valence-electron chi connectivity index (χ4n) is 8.17. The molecular formula is C52H33N3O. The van der Waals surface area contributed by atoms with Crippen molar-refractivity contribution in [2.24, 2.45) is 0 Å². The smallest absolute Gasteiger partial charge is 0.161 e. The van der Waals surface area contributed by atoms with Gasteiger partial charge in [0, 0.05) is 38.2 Å². The summed E-state index contributed by atoms with van der Waals surface area (Å²) in [6.45, 7) is 0. The predicted molar refractivity (Wildman–Crippen MR) is 231 cm³/mol. The first-order valence-corrected chi connectivity index (χ1v) is 18.9. The first kappa shape index (κ1) is 31.9. The zero-order valence-electron chi connectivity index (χ0n) is 30.3. The predicted octanol–water partition coefficient (Wildman–Crippen LogP) is 13.8. The van der Waals surface area contributed by atoms with Crippen LogP contribution >= 0.6 is 0 Å². The van der Waals surface area contributed by atoms with Gasteiger partial charge in [-0.05, 0) is 52.6 Å². The van der Waals surface area contributed by atoms with Crippen LogP contribution in [0, 0.1) is 0 Å². The molecule has 0 aliphatic heterocycles. The topological polar surface area (TPSA) is 43.9 Å². The normalized spacial score (nSPS) is 11.6. The summed E-state index contributed by atoms with van der Waals surface area (Å²) in [5, 5.41) is 4.42. The maximum absolute atomic E-state index is 6.58. The first-order valence-electron chi connectivity index (χ1n) is 18.9. The molecule has 0 fully saturated rings. The Labute approximate surface area is 323 Å². The second-order valence-corrected chi connectivity index (χ2v) is 14.2. The third-order valence-electron chi connectivity index (χ3n) is 10.9. The van der Waals surface area contributed by atoms with E-state index in [0.717, 1.165) is 88.6 Å². The Bertz CT molecular complexity index is 3110. The SMILES string of the molecule is c1ccc(-c2ccc(-c3cc(-c4ccc(-c5ccccc5)cc4)nc(-c4cccc5c4c4ccccc4n5-c4cccc5c4oc4ccccc45)n3)cc2)cc1. The Kier molecular flexibility index (Phi) is 7.46. The van der Waals surface area contributed by atoms with Crippen LogP contribution in [0.25, 0.3) is 106 Å². The van der Waals surface area contributed by atoms with Gasteiger partial charge in [-0.2, -0.15) is 0 Å². The first-order chi connectivity index (χ1) is 27.8. The summed E-state index contributed by atoms with van der Waals surface area (Å²) >= 11 is 0. The number of nitrogens with zero attached hydrogens (tertiary/aromatic N) is 3. The van der Waals surface area contributed by atoms with Crippen LogP contribution in [0.4, 0.5) is 0 Å². The molecule has 4 nitrogen and oxygen atoms in total. The van der Waals surface area contributed by atoms with Crippen molar-refractivity contribution in [3.8, 4) is 61.8 Å². The third kappa shape index (κ3) is 5.31. The second kappa shape index (κ2) is 13.1. The standard InChI is InChI=1S/C52H33N3O/c1-3-13-34(14-4-1)36-25-29-38(30-26-36)44-33-45(39-31-27-37(28-32-39)35-15-5-2-6-16-35)54-52(53-44)43-20-12-22-47-50(43)42-18-7-9-21-46(42)55(47)48-23-11-19-41-40-17-8-10-24-49(40)56-51(41)48/h1-33H. The zero-order chi connectivity index (χ0) is 37.0. The zero-order valence-corrected chi connectivity index (χ0v) is 30.3. The lowest BCUT2D eigenvalue weighted by atomic mass is 10.00. The lowest BCUT2D eigenvalue weighted by Gasteiger charge is -2.12. The van der Waals surface area contributed by atoms with Crippen LogP contribution in [-0.2, 0) is 0 Å². The van der Waals surface area contributed by atoms with Crippen molar-refractivity contribution in [1.29, 1.82) is 0 Å². The van der Waals surface area contributed by atoms with Gasteiger partial charge in [-0.25, -0.2) is 9.97 Å². The molecule has 0 unspecified atom stereocenters. The number of furan rings is 1. The van der Waals surface area contributed by atoms with Gasteiger partial charge in [0.15, 0.2) is 11.4 Å². The van der Waals surface area contributed by atoms with E-state index >= 15 is 0 Å². The van der Waals surface area contributed by atoms with E-state index in [2.05, 4.69) is 180 Å². The summed E-state index contributed by atoms with van der Waals surface area (Å²) in [5.41, 5.74) is 14.3. The van der Waals surface area contributed by atoms with E-state index in [9.17, 15) is 0 Å². The van der Waals surface area contributed by atoms with Crippen LogP contribution in [0.1, 0.15) is 0 Å². The van der Waals surface area contributed by atoms with E-state index in [-0.39, 0.29) is 0 Å². The Morgan fingerprint density at radius 2 is 0.875 bits per heavy atom. The number of aromatic nitrogens is 3. The van der Waals surface area contributed by atoms with Crippen molar-refractivity contribution in [2.75, 3.05) is 0 Å². The van der Waals surface area contributed by atoms with Crippen LogP contribution in [0.15, 0.2) is 205 Å². The molecule has 0 bridgehead atoms. The molecule has 0 N–H and O–H groups in total. The summed E-state index contributed by atoms with van der Waals surface area (Å²) in [5.74, 6) is 0.673. The van der Waals surface area contributed by atoms with Gasteiger partial charge < -0.3 is 8.98 Å². The van der Waals surface area contributed by atoms with Crippen molar-refractivity contribution < 1.29 is 4.42 Å². The molecule has 4 heteroatoms. The molecule has 0 radical (unpaired) electrons. The van der Waals surface area contributed by atoms with E-state index in [1.807, 2.05) is 24.3 Å². The summed E-state index contributed by atoms with van der Waals surface area (Å²) in [7, 11) is 0. The van der Waals surface area contributed by atoms with E-state index in [4.69, 9.17) is 14.4 Å². The average Bonchev–Trinajstić information content (AvgIpc) is 3.83. The number of benzene rings is 8. The quantitative estimate of drug-likeness (QED) is 0.172. The molecule has 262 valence electrons. The van der Waals surface area contributed by atoms with Crippen molar-refractivity contribution in [3.63, 3.8) is 0 Å². The molecule has 3 aromatic heterocycles. The third-order valence-corrected chi connectivity index (χ3v) is 10.9. The number of fused-ring (bicyclic) bond motifs is 6. The summed E-state index contributed by atoms with van der Waals surface area (Å²) in [6, 6.07) is 70.1. The van der Waals surface area contributed by atoms with Crippen molar-refractivity contribution in [2.45, 2.75) is 0 Å². The summed E-state index contributed by atoms with van der Waals surface area (Å²) < 4.78 is 8.90. The van der Waals surface area contributed by atoms with Gasteiger partial charge in [-0.3, -0.25) is 0 Å². The van der Waals surface area contributed by atoms with Crippen molar-refractivity contribution >= 4 is 43.7 Å². The van der Waals surface area contributed by atoms with Gasteiger partial charge in [0.25, 0.3) is 0 Å². The van der Waals surface area contributed by atoms with E-state index in [0.29, 0.717) is 5.82 Å². The number of hydrogen-bond acceptors (Lipinski definition) is 3. The molecule has 3 heterocycles. The molecule has 0 saturated carbocycles. The van der Waals surface area contributed by atoms with Crippen LogP contribution in [-0.4, -0.2) is 14.5 Å². The minimum Gasteiger partial charge on any atom is -0.454 e.